The van der Waals surface area contributed by atoms with Gasteiger partial charge in [-0.3, -0.25) is 4.79 Å². The van der Waals surface area contributed by atoms with Crippen LogP contribution < -0.4 is 16.4 Å². The Morgan fingerprint density at radius 2 is 1.75 bits per heavy atom. The Bertz CT molecular complexity index is 2670. The number of dihydropyridines is 1. The van der Waals surface area contributed by atoms with Crippen molar-refractivity contribution in [2.45, 2.75) is 210 Å². The Hall–Kier alpha value is -3.27. The number of aryl methyl sites for hydroxylation is 1. The van der Waals surface area contributed by atoms with Crippen LogP contribution in [0.1, 0.15) is 167 Å². The number of hydrogen-bond donors (Lipinski definition) is 7. The summed E-state index contributed by atoms with van der Waals surface area (Å²) < 4.78 is 14.4. The predicted octanol–water partition coefficient (Wildman–Crippen LogP) is 9.09. The molecule has 76 heavy (non-hydrogen) atoms. The van der Waals surface area contributed by atoms with Gasteiger partial charge in [0.05, 0.1) is 29.7 Å². The van der Waals surface area contributed by atoms with E-state index >= 15 is 4.79 Å². The molecule has 1 aromatic rings. The summed E-state index contributed by atoms with van der Waals surface area (Å²) in [4.78, 5) is 16.0. The normalized spacial score (nSPS) is 44.6. The zero-order chi connectivity index (χ0) is 52.7. The van der Waals surface area contributed by atoms with Crippen molar-refractivity contribution in [3.05, 3.63) is 82.2 Å². The molecule has 8 fully saturated rings. The van der Waals surface area contributed by atoms with E-state index < -0.39 is 56.8 Å². The highest BCUT2D eigenvalue weighted by Crippen LogP contribution is 2.83. The summed E-state index contributed by atoms with van der Waals surface area (Å²) in [6.45, 7) is 10.4. The lowest BCUT2D eigenvalue weighted by Crippen LogP contribution is -2.71. The number of benzene rings is 1. The summed E-state index contributed by atoms with van der Waals surface area (Å²) in [6.07, 6.45) is 27.2. The fourth-order valence-corrected chi connectivity index (χ4v) is 21.2. The first-order valence-corrected chi connectivity index (χ1v) is 30.6. The highest BCUT2D eigenvalue weighted by atomic mass is 16.6. The fourth-order valence-electron chi connectivity index (χ4n) is 21.2. The van der Waals surface area contributed by atoms with Crippen molar-refractivity contribution in [1.82, 2.24) is 10.6 Å². The van der Waals surface area contributed by atoms with Gasteiger partial charge in [0.2, 0.25) is 0 Å². The van der Waals surface area contributed by atoms with Crippen molar-refractivity contribution in [1.29, 1.82) is 0 Å². The average molecular weight is 1040 g/mol. The number of aliphatic hydroxyl groups is 4. The number of ether oxygens (including phenoxy) is 2. The molecule has 9 aliphatic carbocycles. The van der Waals surface area contributed by atoms with Gasteiger partial charge in [-0.15, -0.1) is 0 Å². The Morgan fingerprint density at radius 1 is 0.961 bits per heavy atom. The Kier molecular flexibility index (Phi) is 12.8. The number of hydrogen-bond acceptors (Lipinski definition) is 10. The molecule has 6 saturated carbocycles. The second-order valence-electron chi connectivity index (χ2n) is 28.5. The van der Waals surface area contributed by atoms with Crippen LogP contribution in [0.2, 0.25) is 0 Å². The van der Waals surface area contributed by atoms with Crippen molar-refractivity contribution in [3.63, 3.8) is 0 Å². The molecule has 10 heteroatoms. The van der Waals surface area contributed by atoms with Crippen molar-refractivity contribution in [3.8, 4) is 11.8 Å². The molecule has 13 rings (SSSR count). The molecular formula is C66H91N3O7. The predicted molar refractivity (Wildman–Crippen MR) is 295 cm³/mol. The molecule has 3 spiro atoms. The number of allylic oxidation sites excluding steroid dienone is 4. The van der Waals surface area contributed by atoms with Crippen molar-refractivity contribution < 1.29 is 34.7 Å². The van der Waals surface area contributed by atoms with Gasteiger partial charge < -0.3 is 46.3 Å². The lowest BCUT2D eigenvalue weighted by Gasteiger charge is -2.71. The van der Waals surface area contributed by atoms with Crippen LogP contribution in [0.25, 0.3) is 0 Å². The van der Waals surface area contributed by atoms with E-state index in [0.29, 0.717) is 75.9 Å². The van der Waals surface area contributed by atoms with Crippen LogP contribution in [0.5, 0.6) is 0 Å². The van der Waals surface area contributed by atoms with Crippen LogP contribution in [0.4, 0.5) is 0 Å². The number of carbonyl (C=O) groups excluding carboxylic acids is 1. The first kappa shape index (κ1) is 52.1. The molecular weight excluding hydrogens is 947 g/mol. The van der Waals surface area contributed by atoms with Crippen molar-refractivity contribution >= 4 is 5.78 Å². The minimum absolute atomic E-state index is 0.0182. The van der Waals surface area contributed by atoms with E-state index in [-0.39, 0.29) is 53.3 Å². The highest BCUT2D eigenvalue weighted by Gasteiger charge is 2.81. The molecule has 0 bridgehead atoms. The van der Waals surface area contributed by atoms with Gasteiger partial charge in [0, 0.05) is 60.2 Å². The van der Waals surface area contributed by atoms with Gasteiger partial charge in [0.15, 0.2) is 5.78 Å². The molecule has 12 aliphatic rings. The molecule has 3 aliphatic heterocycles. The van der Waals surface area contributed by atoms with E-state index in [1.54, 1.807) is 0 Å². The third-order valence-electron chi connectivity index (χ3n) is 24.9. The summed E-state index contributed by atoms with van der Waals surface area (Å²) in [6, 6.07) is 9.49. The molecule has 412 valence electrons. The summed E-state index contributed by atoms with van der Waals surface area (Å²) >= 11 is 0. The number of epoxide rings is 1. The van der Waals surface area contributed by atoms with Crippen LogP contribution in [0, 0.1) is 80.3 Å². The first-order chi connectivity index (χ1) is 36.5. The molecule has 1 aromatic carbocycles. The Labute approximate surface area is 454 Å². The Balaban J connectivity index is 0.945. The van der Waals surface area contributed by atoms with E-state index in [4.69, 9.17) is 15.2 Å². The van der Waals surface area contributed by atoms with Gasteiger partial charge in [-0.1, -0.05) is 100 Å². The third kappa shape index (κ3) is 7.53. The van der Waals surface area contributed by atoms with Gasteiger partial charge in [-0.25, -0.2) is 0 Å². The van der Waals surface area contributed by atoms with E-state index in [1.165, 1.54) is 55.2 Å². The molecule has 3 heterocycles. The summed E-state index contributed by atoms with van der Waals surface area (Å²) in [5.41, 5.74) is 6.30. The van der Waals surface area contributed by atoms with E-state index in [0.717, 1.165) is 75.5 Å². The number of carbonyl (C=O) groups is 1. The van der Waals surface area contributed by atoms with Crippen LogP contribution in [-0.2, 0) is 27.1 Å². The maximum absolute atomic E-state index is 16.0. The third-order valence-corrected chi connectivity index (χ3v) is 24.9. The quantitative estimate of drug-likeness (QED) is 0.0645. The fraction of sp³-hybridized carbons (Fsp3) is 0.742. The number of fused-ring (bicyclic) bond motifs is 4. The van der Waals surface area contributed by atoms with Gasteiger partial charge in [0.25, 0.3) is 0 Å². The zero-order valence-corrected chi connectivity index (χ0v) is 46.4. The molecule has 0 aromatic heterocycles. The highest BCUT2D eigenvalue weighted by molar-refractivity contribution is 5.95. The largest absolute Gasteiger partial charge is 0.396 e. The smallest absolute Gasteiger partial charge is 0.159 e. The number of nitrogens with two attached hydrogens (primary N) is 1. The number of aliphatic hydroxyl groups excluding tert-OH is 2. The first-order valence-electron chi connectivity index (χ1n) is 30.6. The second kappa shape index (κ2) is 18.6. The molecule has 0 unspecified atom stereocenters. The van der Waals surface area contributed by atoms with Crippen molar-refractivity contribution in [2.75, 3.05) is 26.3 Å². The molecule has 17 atom stereocenters. The summed E-state index contributed by atoms with van der Waals surface area (Å²) in [7, 11) is 0. The van der Waals surface area contributed by atoms with Gasteiger partial charge in [-0.05, 0) is 191 Å². The SMILES string of the molecule is C[C@H]1CCO[C@]([C@H]2CC[C@@]3(O)C4=CC(=O)[C@@H]5C[C@@H](O)C[C@]67[C@@H]8C#CCc9ccccc9CC[C@H](C[C@]23C)[C@@H]4[C@]56CC(CNC2CCCC2)=C[C@H]7CC82CCCC2)([C@H]2O[C@@H]2[C@](C)(O)[C@](C)(CO)CCC2=CCNC(N)=C2)C1. The maximum atomic E-state index is 16.0. The van der Waals surface area contributed by atoms with Crippen LogP contribution >= 0.6 is 0 Å². The molecule has 2 saturated heterocycles. The zero-order valence-electron chi connectivity index (χ0n) is 46.4. The van der Waals surface area contributed by atoms with Gasteiger partial charge >= 0.3 is 0 Å². The monoisotopic (exact) mass is 1040 g/mol. The van der Waals surface area contributed by atoms with Crippen LogP contribution in [0.15, 0.2) is 71.1 Å². The number of rotatable bonds is 11. The molecule has 0 radical (unpaired) electrons. The molecule has 10 nitrogen and oxygen atoms in total. The van der Waals surface area contributed by atoms with Gasteiger partial charge in [-0.2, -0.15) is 0 Å². The van der Waals surface area contributed by atoms with E-state index in [2.05, 4.69) is 72.7 Å². The Morgan fingerprint density at radius 3 is 2.51 bits per heavy atom. The second-order valence-corrected chi connectivity index (χ2v) is 28.5. The molecule has 8 N–H and O–H groups in total. The average Bonchev–Trinajstić information content (AvgIpc) is 3.85. The standard InChI is InChI=1S/C66H91N3O7/c1-41-23-29-75-65(34-41,58-57(76-58)61(4,73)59(2,40-70)26-20-42-22-28-68-55(67)31-42)53-21-27-66(74)51-33-52(72)50-32-49(71)38-63-47-30-43(39-69-48-15-7-8-16-48)35-64(50,63)56(51)46(36-60(53,66)3)19-18-45-13-6-5-12-44(45)14-11-17-54(63)62(37-47)24-9-10-25-62/h5-6,12-13,22,30-31,33,41,46-50,53-54,56-58,68-71,73-74H,7-10,14-16,18-21,23-29,32,34-40,67H2,1-4H3/t41-,46+,47-,49+,50-,53-,54+,56-,57-,58-,59-,60+,61-,63-,64-,65+,66+/m0/s1. The number of ketones is 1. The number of nitrogens with one attached hydrogen (secondary N) is 2. The minimum atomic E-state index is -1.40. The molecule has 0 amide bonds. The van der Waals surface area contributed by atoms with Gasteiger partial charge in [0.1, 0.15) is 17.8 Å². The lowest BCUT2D eigenvalue weighted by atomic mass is 9.32. The van der Waals surface area contributed by atoms with Crippen molar-refractivity contribution in [2.24, 2.45) is 74.2 Å². The summed E-state index contributed by atoms with van der Waals surface area (Å²) in [5.74, 6) is 8.96. The lowest BCUT2D eigenvalue weighted by molar-refractivity contribution is -0.225. The topological polar surface area (TPSA) is 170 Å². The maximum Gasteiger partial charge on any atom is 0.159 e. The minimum Gasteiger partial charge on any atom is -0.396 e. The van der Waals surface area contributed by atoms with E-state index in [1.807, 2.05) is 26.0 Å². The summed E-state index contributed by atoms with van der Waals surface area (Å²) in [5, 5.41) is 58.6. The van der Waals surface area contributed by atoms with Crippen LogP contribution in [0.3, 0.4) is 0 Å². The van der Waals surface area contributed by atoms with Crippen LogP contribution in [-0.4, -0.2) is 93.7 Å². The van der Waals surface area contributed by atoms with E-state index in [9.17, 15) is 20.4 Å².